The fraction of sp³-hybridized carbons (Fsp3) is 0.533. The second kappa shape index (κ2) is 6.22. The van der Waals surface area contributed by atoms with E-state index in [1.807, 2.05) is 6.07 Å². The lowest BCUT2D eigenvalue weighted by atomic mass is 9.80. The number of amides is 1. The highest BCUT2D eigenvalue weighted by Crippen LogP contribution is 2.31. The Morgan fingerprint density at radius 1 is 1.38 bits per heavy atom. The van der Waals surface area contributed by atoms with E-state index in [4.69, 9.17) is 5.73 Å². The first-order valence-corrected chi connectivity index (χ1v) is 7.57. The second-order valence-corrected chi connectivity index (χ2v) is 5.78. The van der Waals surface area contributed by atoms with Crippen LogP contribution in [0.4, 0.5) is 5.69 Å². The van der Waals surface area contributed by atoms with E-state index < -0.39 is 0 Å². The third-order valence-electron chi connectivity index (χ3n) is 4.40. The Balaban J connectivity index is 1.63. The highest BCUT2D eigenvalue weighted by Gasteiger charge is 2.26. The van der Waals surface area contributed by atoms with Crippen LogP contribution in [0.25, 0.3) is 11.0 Å². The number of nitrogens with two attached hydrogens (primary N) is 1. The predicted octanol–water partition coefficient (Wildman–Crippen LogP) is 2.05. The summed E-state index contributed by atoms with van der Waals surface area (Å²) in [7, 11) is 0. The molecule has 4 N–H and O–H groups in total. The molecule has 0 atom stereocenters. The average molecular weight is 287 g/mol. The van der Waals surface area contributed by atoms with Crippen molar-refractivity contribution in [2.24, 2.45) is 17.6 Å². The first-order valence-electron chi connectivity index (χ1n) is 7.57. The van der Waals surface area contributed by atoms with E-state index in [9.17, 15) is 4.79 Å². The molecule has 21 heavy (non-hydrogen) atoms. The van der Waals surface area contributed by atoms with Crippen molar-refractivity contribution in [3.8, 4) is 0 Å². The molecule has 2 aromatic rings. The van der Waals surface area contributed by atoms with Crippen LogP contribution >= 0.6 is 0 Å². The van der Waals surface area contributed by atoms with Crippen molar-refractivity contribution in [1.82, 2.24) is 15.2 Å². The van der Waals surface area contributed by atoms with Crippen molar-refractivity contribution in [3.63, 3.8) is 0 Å². The summed E-state index contributed by atoms with van der Waals surface area (Å²) in [5.74, 6) is 0.907. The molecule has 2 heterocycles. The van der Waals surface area contributed by atoms with Crippen molar-refractivity contribution in [3.05, 3.63) is 18.5 Å². The highest BCUT2D eigenvalue weighted by molar-refractivity contribution is 6.00. The van der Waals surface area contributed by atoms with Crippen molar-refractivity contribution < 1.29 is 4.79 Å². The van der Waals surface area contributed by atoms with Crippen molar-refractivity contribution in [1.29, 1.82) is 0 Å². The van der Waals surface area contributed by atoms with Gasteiger partial charge in [-0.3, -0.25) is 9.89 Å². The molecule has 2 aromatic heterocycles. The molecule has 0 saturated heterocycles. The summed E-state index contributed by atoms with van der Waals surface area (Å²) < 4.78 is 0. The summed E-state index contributed by atoms with van der Waals surface area (Å²) >= 11 is 0. The number of carbonyl (C=O) groups excluding carboxylic acids is 1. The van der Waals surface area contributed by atoms with Gasteiger partial charge in [-0.05, 0) is 50.6 Å². The van der Waals surface area contributed by atoms with Crippen LogP contribution in [0, 0.1) is 11.8 Å². The van der Waals surface area contributed by atoms with Crippen LogP contribution in [0.15, 0.2) is 18.5 Å². The number of carbonyl (C=O) groups is 1. The molecule has 6 nitrogen and oxygen atoms in total. The first-order chi connectivity index (χ1) is 10.3. The van der Waals surface area contributed by atoms with Gasteiger partial charge in [0.1, 0.15) is 0 Å². The van der Waals surface area contributed by atoms with E-state index in [0.29, 0.717) is 11.6 Å². The maximum atomic E-state index is 12.4. The molecule has 1 aliphatic rings. The van der Waals surface area contributed by atoms with Gasteiger partial charge >= 0.3 is 0 Å². The molecular formula is C15H21N5O. The van der Waals surface area contributed by atoms with E-state index in [2.05, 4.69) is 20.5 Å². The molecule has 112 valence electrons. The minimum absolute atomic E-state index is 0.106. The molecule has 0 unspecified atom stereocenters. The average Bonchev–Trinajstić information content (AvgIpc) is 2.98. The van der Waals surface area contributed by atoms with Gasteiger partial charge in [-0.15, -0.1) is 0 Å². The van der Waals surface area contributed by atoms with E-state index in [1.165, 1.54) is 0 Å². The number of aromatic amines is 1. The molecule has 0 aliphatic heterocycles. The molecule has 1 aliphatic carbocycles. The number of rotatable bonds is 4. The maximum absolute atomic E-state index is 12.4. The normalized spacial score (nSPS) is 22.3. The van der Waals surface area contributed by atoms with Gasteiger partial charge in [0.05, 0.1) is 17.3 Å². The Kier molecular flexibility index (Phi) is 4.15. The lowest BCUT2D eigenvalue weighted by molar-refractivity contribution is -0.121. The van der Waals surface area contributed by atoms with Gasteiger partial charge < -0.3 is 11.1 Å². The van der Waals surface area contributed by atoms with Crippen molar-refractivity contribution >= 4 is 22.6 Å². The summed E-state index contributed by atoms with van der Waals surface area (Å²) in [4.78, 5) is 16.6. The van der Waals surface area contributed by atoms with Gasteiger partial charge in [-0.25, -0.2) is 4.98 Å². The van der Waals surface area contributed by atoms with E-state index in [0.717, 1.165) is 49.7 Å². The third kappa shape index (κ3) is 3.05. The second-order valence-electron chi connectivity index (χ2n) is 5.78. The summed E-state index contributed by atoms with van der Waals surface area (Å²) in [6.07, 6.45) is 8.56. The smallest absolute Gasteiger partial charge is 0.227 e. The summed E-state index contributed by atoms with van der Waals surface area (Å²) in [5, 5.41) is 10.6. The molecular weight excluding hydrogens is 266 g/mol. The molecule has 1 amide bonds. The first kappa shape index (κ1) is 14.0. The van der Waals surface area contributed by atoms with E-state index >= 15 is 0 Å². The van der Waals surface area contributed by atoms with Crippen LogP contribution in [0.5, 0.6) is 0 Å². The molecule has 1 fully saturated rings. The lowest BCUT2D eigenvalue weighted by Gasteiger charge is -2.27. The monoisotopic (exact) mass is 287 g/mol. The van der Waals surface area contributed by atoms with E-state index in [-0.39, 0.29) is 11.8 Å². The third-order valence-corrected chi connectivity index (χ3v) is 4.40. The molecule has 1 saturated carbocycles. The molecule has 3 rings (SSSR count). The number of hydrogen-bond donors (Lipinski definition) is 3. The van der Waals surface area contributed by atoms with Gasteiger partial charge in [0.2, 0.25) is 5.91 Å². The number of fused-ring (bicyclic) bond motifs is 1. The number of nitrogens with zero attached hydrogens (tertiary/aromatic N) is 2. The molecule has 0 aromatic carbocycles. The number of hydrogen-bond acceptors (Lipinski definition) is 4. The SMILES string of the molecule is NCCC1CCC(C(=O)Nc2ccnc3[nH]ncc23)CC1. The van der Waals surface area contributed by atoms with E-state index in [1.54, 1.807) is 12.4 Å². The maximum Gasteiger partial charge on any atom is 0.227 e. The van der Waals surface area contributed by atoms with Crippen molar-refractivity contribution in [2.75, 3.05) is 11.9 Å². The van der Waals surface area contributed by atoms with Gasteiger partial charge in [0.25, 0.3) is 0 Å². The van der Waals surface area contributed by atoms with Gasteiger partial charge in [0, 0.05) is 12.1 Å². The summed E-state index contributed by atoms with van der Waals surface area (Å²) in [6, 6.07) is 1.82. The fourth-order valence-corrected chi connectivity index (χ4v) is 3.14. The van der Waals surface area contributed by atoms with Crippen LogP contribution in [0.3, 0.4) is 0 Å². The fourth-order valence-electron chi connectivity index (χ4n) is 3.14. The highest BCUT2D eigenvalue weighted by atomic mass is 16.1. The minimum atomic E-state index is 0.106. The van der Waals surface area contributed by atoms with Crippen LogP contribution in [-0.2, 0) is 4.79 Å². The standard InChI is InChI=1S/C15H21N5O/c16-7-5-10-1-3-11(4-2-10)15(21)19-13-6-8-17-14-12(13)9-18-20-14/h6,8-11H,1-5,7,16H2,(H2,17,18,19,20,21). The Morgan fingerprint density at radius 3 is 2.95 bits per heavy atom. The molecule has 0 spiro atoms. The van der Waals surface area contributed by atoms with Crippen LogP contribution in [0.1, 0.15) is 32.1 Å². The number of anilines is 1. The number of H-pyrrole nitrogens is 1. The molecule has 0 bridgehead atoms. The van der Waals surface area contributed by atoms with Gasteiger partial charge in [0.15, 0.2) is 5.65 Å². The minimum Gasteiger partial charge on any atom is -0.330 e. The Hall–Kier alpha value is -1.95. The Bertz CT molecular complexity index is 615. The predicted molar refractivity (Wildman–Crippen MR) is 81.6 cm³/mol. The van der Waals surface area contributed by atoms with Crippen LogP contribution in [-0.4, -0.2) is 27.6 Å². The molecule has 6 heteroatoms. The van der Waals surface area contributed by atoms with Crippen molar-refractivity contribution in [2.45, 2.75) is 32.1 Å². The number of pyridine rings is 1. The molecule has 0 radical (unpaired) electrons. The van der Waals surface area contributed by atoms with Crippen LogP contribution in [0.2, 0.25) is 0 Å². The van der Waals surface area contributed by atoms with Gasteiger partial charge in [-0.1, -0.05) is 0 Å². The zero-order valence-corrected chi connectivity index (χ0v) is 12.0. The number of aromatic nitrogens is 3. The quantitative estimate of drug-likeness (QED) is 0.801. The summed E-state index contributed by atoms with van der Waals surface area (Å²) in [6.45, 7) is 0.747. The zero-order chi connectivity index (χ0) is 14.7. The largest absolute Gasteiger partial charge is 0.330 e. The topological polar surface area (TPSA) is 96.7 Å². The Labute approximate surface area is 123 Å². The zero-order valence-electron chi connectivity index (χ0n) is 12.0. The number of nitrogens with one attached hydrogen (secondary N) is 2. The summed E-state index contributed by atoms with van der Waals surface area (Å²) in [5.41, 5.74) is 7.08. The van der Waals surface area contributed by atoms with Gasteiger partial charge in [-0.2, -0.15) is 5.10 Å². The lowest BCUT2D eigenvalue weighted by Crippen LogP contribution is -2.27. The van der Waals surface area contributed by atoms with Crippen LogP contribution < -0.4 is 11.1 Å². The Morgan fingerprint density at radius 2 is 2.19 bits per heavy atom.